The minimum Gasteiger partial charge on any atom is -0.490 e. The summed E-state index contributed by atoms with van der Waals surface area (Å²) in [5, 5.41) is 9.73. The van der Waals surface area contributed by atoms with Crippen LogP contribution in [0.15, 0.2) is 24.3 Å². The molecule has 0 saturated heterocycles. The minimum atomic E-state index is -0.716. The van der Waals surface area contributed by atoms with Crippen molar-refractivity contribution >= 4 is 5.78 Å². The van der Waals surface area contributed by atoms with Gasteiger partial charge in [-0.05, 0) is 80.8 Å². The van der Waals surface area contributed by atoms with E-state index in [2.05, 4.69) is 31.7 Å². The minimum absolute atomic E-state index is 0.0226. The predicted octanol–water partition coefficient (Wildman–Crippen LogP) is 6.41. The number of benzene rings is 2. The number of rotatable bonds is 8. The second-order valence-electron chi connectivity index (χ2n) is 11.5. The molecule has 5 nitrogen and oxygen atoms in total. The predicted molar refractivity (Wildman–Crippen MR) is 138 cm³/mol. The lowest BCUT2D eigenvalue weighted by Crippen LogP contribution is -2.34. The number of hydrogen-bond donors (Lipinski definition) is 0. The number of halogens is 1. The Morgan fingerprint density at radius 2 is 1.69 bits per heavy atom. The van der Waals surface area contributed by atoms with Crippen LogP contribution in [0.4, 0.5) is 4.39 Å². The topological polar surface area (TPSA) is 62.6 Å². The van der Waals surface area contributed by atoms with Crippen LogP contribution in [0.3, 0.4) is 0 Å². The van der Waals surface area contributed by atoms with Crippen LogP contribution >= 0.6 is 0 Å². The molecule has 0 amide bonds. The van der Waals surface area contributed by atoms with Gasteiger partial charge in [-0.25, -0.2) is 4.39 Å². The number of carbonyl (C=O) groups is 1. The molecule has 4 rings (SSSR count). The van der Waals surface area contributed by atoms with E-state index in [1.807, 2.05) is 52.0 Å². The van der Waals surface area contributed by atoms with E-state index < -0.39 is 5.41 Å². The second kappa shape index (κ2) is 9.19. The third-order valence-electron chi connectivity index (χ3n) is 7.51. The number of hydrogen-bond acceptors (Lipinski definition) is 5. The molecular weight excluding hydrogens is 455 g/mol. The van der Waals surface area contributed by atoms with Crippen LogP contribution in [0.25, 0.3) is 0 Å². The second-order valence-corrected chi connectivity index (χ2v) is 11.5. The Morgan fingerprint density at radius 3 is 2.25 bits per heavy atom. The number of fused-ring (bicyclic) bond motifs is 2. The molecule has 6 heteroatoms. The number of Topliss-reactive ketones (excluding diaryl/α,β-unsaturated/α-hetero) is 1. The van der Waals surface area contributed by atoms with Crippen molar-refractivity contribution < 1.29 is 18.7 Å². The van der Waals surface area contributed by atoms with Crippen LogP contribution in [0.5, 0.6) is 11.5 Å². The lowest BCUT2D eigenvalue weighted by molar-refractivity contribution is 0.0882. The van der Waals surface area contributed by atoms with E-state index in [9.17, 15) is 10.1 Å². The van der Waals surface area contributed by atoms with Gasteiger partial charge < -0.3 is 9.47 Å². The smallest absolute Gasteiger partial charge is 0.197 e. The maximum absolute atomic E-state index is 15.6. The zero-order valence-corrected chi connectivity index (χ0v) is 22.5. The van der Waals surface area contributed by atoms with Gasteiger partial charge in [0.05, 0.1) is 31.2 Å². The van der Waals surface area contributed by atoms with E-state index in [1.54, 1.807) is 0 Å². The summed E-state index contributed by atoms with van der Waals surface area (Å²) in [5.74, 6) is 0.178. The number of ether oxygens (including phenoxy) is 2. The maximum atomic E-state index is 15.6. The normalized spacial score (nSPS) is 16.5. The number of ketones is 1. The van der Waals surface area contributed by atoms with Gasteiger partial charge in [0.1, 0.15) is 0 Å². The lowest BCUT2D eigenvalue weighted by atomic mass is 9.79. The van der Waals surface area contributed by atoms with Crippen molar-refractivity contribution in [1.82, 2.24) is 4.90 Å². The van der Waals surface area contributed by atoms with E-state index in [-0.39, 0.29) is 34.8 Å². The first kappa shape index (κ1) is 26.2. The van der Waals surface area contributed by atoms with Gasteiger partial charge in [0.25, 0.3) is 0 Å². The van der Waals surface area contributed by atoms with Crippen molar-refractivity contribution in [3.05, 3.63) is 57.9 Å². The van der Waals surface area contributed by atoms with Crippen LogP contribution < -0.4 is 9.47 Å². The maximum Gasteiger partial charge on any atom is 0.197 e. The van der Waals surface area contributed by atoms with Crippen LogP contribution in [0.1, 0.15) is 93.9 Å². The molecule has 0 bridgehead atoms. The Hall–Kier alpha value is -2.91. The van der Waals surface area contributed by atoms with Crippen LogP contribution in [-0.4, -0.2) is 30.4 Å². The van der Waals surface area contributed by atoms with E-state index in [1.165, 1.54) is 0 Å². The molecule has 1 heterocycles. The molecule has 1 aliphatic carbocycles. The summed E-state index contributed by atoms with van der Waals surface area (Å²) in [4.78, 5) is 15.8. The summed E-state index contributed by atoms with van der Waals surface area (Å²) in [6.45, 7) is 15.0. The molecule has 2 aromatic carbocycles. The molecule has 2 aliphatic rings. The molecule has 2 aromatic rings. The van der Waals surface area contributed by atoms with Crippen molar-refractivity contribution in [2.24, 2.45) is 0 Å². The molecule has 1 spiro atoms. The molecule has 1 fully saturated rings. The van der Waals surface area contributed by atoms with Crippen molar-refractivity contribution in [3.8, 4) is 17.6 Å². The standard InChI is InChI=1S/C30H37FN2O3/c1-8-35-25-15-23-22(26(31)27(25)36-9-2)16-33(30(23)10-11-30)17-24(34)19-12-20(28(3,4)5)14-21(13-19)29(6,7)18-32/h12-15H,8-11,16-17H2,1-7H3. The van der Waals surface area contributed by atoms with Crippen LogP contribution in [0.2, 0.25) is 0 Å². The quantitative estimate of drug-likeness (QED) is 0.399. The third kappa shape index (κ3) is 4.50. The zero-order chi connectivity index (χ0) is 26.5. The summed E-state index contributed by atoms with van der Waals surface area (Å²) in [6, 6.07) is 10.1. The van der Waals surface area contributed by atoms with Gasteiger partial charge in [-0.15, -0.1) is 0 Å². The summed E-state index contributed by atoms with van der Waals surface area (Å²) in [5.41, 5.74) is 2.73. The number of nitriles is 1. The van der Waals surface area contributed by atoms with E-state index in [0.29, 0.717) is 36.6 Å². The van der Waals surface area contributed by atoms with Crippen molar-refractivity contribution in [2.75, 3.05) is 19.8 Å². The highest BCUT2D eigenvalue weighted by molar-refractivity contribution is 5.98. The fraction of sp³-hybridized carbons (Fsp3) is 0.533. The highest BCUT2D eigenvalue weighted by Gasteiger charge is 2.56. The van der Waals surface area contributed by atoms with Gasteiger partial charge in [-0.3, -0.25) is 9.69 Å². The Morgan fingerprint density at radius 1 is 1.06 bits per heavy atom. The van der Waals surface area contributed by atoms with Crippen molar-refractivity contribution in [1.29, 1.82) is 5.26 Å². The lowest BCUT2D eigenvalue weighted by Gasteiger charge is -2.26. The van der Waals surface area contributed by atoms with Gasteiger partial charge >= 0.3 is 0 Å². The van der Waals surface area contributed by atoms with Gasteiger partial charge in [-0.2, -0.15) is 5.26 Å². The molecule has 1 saturated carbocycles. The SMILES string of the molecule is CCOc1cc2c(c(F)c1OCC)CN(CC(=O)c1cc(C(C)(C)C)cc(C(C)(C)C#N)c1)C21CC1. The molecule has 0 aromatic heterocycles. The Balaban J connectivity index is 1.69. The fourth-order valence-corrected chi connectivity index (χ4v) is 5.09. The molecule has 0 atom stereocenters. The van der Waals surface area contributed by atoms with Crippen molar-refractivity contribution in [3.63, 3.8) is 0 Å². The fourth-order valence-electron chi connectivity index (χ4n) is 5.09. The zero-order valence-electron chi connectivity index (χ0n) is 22.5. The Labute approximate surface area is 214 Å². The average molecular weight is 493 g/mol. The number of nitrogens with zero attached hydrogens (tertiary/aromatic N) is 2. The summed E-state index contributed by atoms with van der Waals surface area (Å²) >= 11 is 0. The molecule has 36 heavy (non-hydrogen) atoms. The number of carbonyl (C=O) groups excluding carboxylic acids is 1. The van der Waals surface area contributed by atoms with E-state index in [4.69, 9.17) is 9.47 Å². The van der Waals surface area contributed by atoms with Crippen molar-refractivity contribution in [2.45, 2.75) is 84.2 Å². The largest absolute Gasteiger partial charge is 0.490 e. The summed E-state index contributed by atoms with van der Waals surface area (Å²) < 4.78 is 26.9. The molecule has 1 aliphatic heterocycles. The highest BCUT2D eigenvalue weighted by atomic mass is 19.1. The first-order valence-corrected chi connectivity index (χ1v) is 12.8. The average Bonchev–Trinajstić information content (AvgIpc) is 3.57. The highest BCUT2D eigenvalue weighted by Crippen LogP contribution is 2.59. The molecule has 0 radical (unpaired) electrons. The third-order valence-corrected chi connectivity index (χ3v) is 7.51. The Bertz CT molecular complexity index is 1230. The first-order chi connectivity index (χ1) is 16.9. The molecule has 0 unspecified atom stereocenters. The monoisotopic (exact) mass is 492 g/mol. The Kier molecular flexibility index (Phi) is 6.68. The molecule has 192 valence electrons. The van der Waals surface area contributed by atoms with E-state index >= 15 is 4.39 Å². The molecule has 0 N–H and O–H groups in total. The summed E-state index contributed by atoms with van der Waals surface area (Å²) in [7, 11) is 0. The first-order valence-electron chi connectivity index (χ1n) is 12.8. The molecular formula is C30H37FN2O3. The summed E-state index contributed by atoms with van der Waals surface area (Å²) in [6.07, 6.45) is 1.75. The van der Waals surface area contributed by atoms with Crippen LogP contribution in [0, 0.1) is 17.1 Å². The van der Waals surface area contributed by atoms with E-state index in [0.717, 1.165) is 29.5 Å². The van der Waals surface area contributed by atoms with Gasteiger partial charge in [0.2, 0.25) is 0 Å². The van der Waals surface area contributed by atoms with Gasteiger partial charge in [-0.1, -0.05) is 26.8 Å². The van der Waals surface area contributed by atoms with Gasteiger partial charge in [0.15, 0.2) is 23.1 Å². The van der Waals surface area contributed by atoms with Crippen LogP contribution in [-0.2, 0) is 22.9 Å². The van der Waals surface area contributed by atoms with Gasteiger partial charge in [0, 0.05) is 23.2 Å².